The third-order valence-electron chi connectivity index (χ3n) is 3.03. The van der Waals surface area contributed by atoms with E-state index < -0.39 is 0 Å². The molecule has 0 N–H and O–H groups in total. The molecule has 0 spiro atoms. The number of hydrogen-bond donors (Lipinski definition) is 0. The Hall–Kier alpha value is -1.59. The van der Waals surface area contributed by atoms with Gasteiger partial charge in [0.2, 0.25) is 0 Å². The molecule has 0 unspecified atom stereocenters. The molecule has 0 radical (unpaired) electrons. The Bertz CT molecular complexity index is 724. The number of hydrogen-bond acceptors (Lipinski definition) is 3. The summed E-state index contributed by atoms with van der Waals surface area (Å²) in [5, 5.41) is 0. The van der Waals surface area contributed by atoms with Gasteiger partial charge in [-0.15, -0.1) is 0 Å². The van der Waals surface area contributed by atoms with E-state index in [9.17, 15) is 4.79 Å². The van der Waals surface area contributed by atoms with Crippen molar-refractivity contribution in [1.29, 1.82) is 0 Å². The molecule has 2 aromatic rings. The second-order valence-corrected chi connectivity index (χ2v) is 6.21. The van der Waals surface area contributed by atoms with Gasteiger partial charge in [-0.05, 0) is 42.0 Å². The molecule has 22 heavy (non-hydrogen) atoms. The summed E-state index contributed by atoms with van der Waals surface area (Å²) in [6.07, 6.45) is 3.28. The lowest BCUT2D eigenvalue weighted by Gasteiger charge is -2.09. The molecule has 0 saturated carbocycles. The monoisotopic (exact) mass is 424 g/mol. The number of benzene rings is 2. The van der Waals surface area contributed by atoms with Gasteiger partial charge in [0.15, 0.2) is 17.3 Å². The highest BCUT2D eigenvalue weighted by atomic mass is 79.9. The molecule has 0 bridgehead atoms. The molecule has 114 valence electrons. The fourth-order valence-electron chi connectivity index (χ4n) is 1.90. The predicted molar refractivity (Wildman–Crippen MR) is 94.8 cm³/mol. The van der Waals surface area contributed by atoms with Crippen molar-refractivity contribution >= 4 is 43.7 Å². The maximum Gasteiger partial charge on any atom is 0.185 e. The summed E-state index contributed by atoms with van der Waals surface area (Å²) in [5.74, 6) is 1.17. The highest BCUT2D eigenvalue weighted by Gasteiger charge is 2.08. The number of methoxy groups -OCH3 is 2. The van der Waals surface area contributed by atoms with Gasteiger partial charge in [-0.1, -0.05) is 44.0 Å². The minimum atomic E-state index is -0.0667. The fraction of sp³-hybridized carbons (Fsp3) is 0.118. The Morgan fingerprint density at radius 2 is 1.73 bits per heavy atom. The molecule has 0 heterocycles. The smallest absolute Gasteiger partial charge is 0.185 e. The Morgan fingerprint density at radius 3 is 2.36 bits per heavy atom. The molecular formula is C17H14Br2O3. The summed E-state index contributed by atoms with van der Waals surface area (Å²) in [5.41, 5.74) is 1.46. The lowest BCUT2D eigenvalue weighted by molar-refractivity contribution is 0.104. The first-order chi connectivity index (χ1) is 10.5. The number of rotatable bonds is 5. The van der Waals surface area contributed by atoms with E-state index in [4.69, 9.17) is 9.47 Å². The summed E-state index contributed by atoms with van der Waals surface area (Å²) < 4.78 is 12.2. The Labute approximate surface area is 146 Å². The molecule has 0 aliphatic heterocycles. The van der Waals surface area contributed by atoms with E-state index in [1.807, 2.05) is 24.3 Å². The van der Waals surface area contributed by atoms with E-state index in [2.05, 4.69) is 31.9 Å². The third kappa shape index (κ3) is 3.99. The van der Waals surface area contributed by atoms with Gasteiger partial charge in [-0.25, -0.2) is 0 Å². The summed E-state index contributed by atoms with van der Waals surface area (Å²) in [6.45, 7) is 0. The van der Waals surface area contributed by atoms with Gasteiger partial charge in [-0.3, -0.25) is 4.79 Å². The Kier molecular flexibility index (Phi) is 5.80. The summed E-state index contributed by atoms with van der Waals surface area (Å²) >= 11 is 6.82. The first kappa shape index (κ1) is 16.8. The zero-order chi connectivity index (χ0) is 16.1. The average Bonchev–Trinajstić information content (AvgIpc) is 2.53. The van der Waals surface area contributed by atoms with Crippen LogP contribution in [0.1, 0.15) is 15.9 Å². The molecule has 0 atom stereocenters. The van der Waals surface area contributed by atoms with Crippen LogP contribution in [0, 0.1) is 0 Å². The second kappa shape index (κ2) is 7.61. The van der Waals surface area contributed by atoms with Crippen molar-refractivity contribution in [2.45, 2.75) is 0 Å². The van der Waals surface area contributed by atoms with Gasteiger partial charge in [0.05, 0.1) is 14.2 Å². The van der Waals surface area contributed by atoms with E-state index >= 15 is 0 Å². The van der Waals surface area contributed by atoms with Crippen LogP contribution in [0.15, 0.2) is 51.4 Å². The van der Waals surface area contributed by atoms with Gasteiger partial charge < -0.3 is 9.47 Å². The summed E-state index contributed by atoms with van der Waals surface area (Å²) in [4.78, 5) is 12.2. The Balaban J connectivity index is 2.28. The SMILES string of the molecule is COc1cc(Br)c(/C=C/C(=O)c2cccc(Br)c2)cc1OC. The molecule has 0 amide bonds. The molecule has 0 fully saturated rings. The van der Waals surface area contributed by atoms with E-state index in [-0.39, 0.29) is 5.78 Å². The number of halogens is 2. The number of allylic oxidation sites excluding steroid dienone is 1. The van der Waals surface area contributed by atoms with Crippen LogP contribution in [0.3, 0.4) is 0 Å². The number of ether oxygens (including phenoxy) is 2. The van der Waals surface area contributed by atoms with Crippen molar-refractivity contribution in [3.8, 4) is 11.5 Å². The molecule has 2 aromatic carbocycles. The van der Waals surface area contributed by atoms with Crippen molar-refractivity contribution < 1.29 is 14.3 Å². The summed E-state index contributed by atoms with van der Waals surface area (Å²) in [7, 11) is 3.16. The van der Waals surface area contributed by atoms with Crippen LogP contribution < -0.4 is 9.47 Å². The van der Waals surface area contributed by atoms with Crippen molar-refractivity contribution in [2.75, 3.05) is 14.2 Å². The van der Waals surface area contributed by atoms with Crippen LogP contribution in [0.5, 0.6) is 11.5 Å². The van der Waals surface area contributed by atoms with Crippen molar-refractivity contribution in [3.05, 3.63) is 62.5 Å². The van der Waals surface area contributed by atoms with Crippen molar-refractivity contribution in [2.24, 2.45) is 0 Å². The third-order valence-corrected chi connectivity index (χ3v) is 4.21. The highest BCUT2D eigenvalue weighted by molar-refractivity contribution is 9.10. The fourth-order valence-corrected chi connectivity index (χ4v) is 2.75. The molecule has 3 nitrogen and oxygen atoms in total. The largest absolute Gasteiger partial charge is 0.493 e. The average molecular weight is 426 g/mol. The highest BCUT2D eigenvalue weighted by Crippen LogP contribution is 2.33. The molecule has 0 aliphatic rings. The molecule has 0 aliphatic carbocycles. The summed E-state index contributed by atoms with van der Waals surface area (Å²) in [6, 6.07) is 10.9. The maximum absolute atomic E-state index is 12.2. The maximum atomic E-state index is 12.2. The minimum Gasteiger partial charge on any atom is -0.493 e. The number of carbonyl (C=O) groups is 1. The molecule has 5 heteroatoms. The topological polar surface area (TPSA) is 35.5 Å². The lowest BCUT2D eigenvalue weighted by atomic mass is 10.1. The van der Waals surface area contributed by atoms with Crippen molar-refractivity contribution in [1.82, 2.24) is 0 Å². The zero-order valence-electron chi connectivity index (χ0n) is 12.1. The quantitative estimate of drug-likeness (QED) is 0.492. The van der Waals surface area contributed by atoms with Gasteiger partial charge in [-0.2, -0.15) is 0 Å². The van der Waals surface area contributed by atoms with E-state index in [1.54, 1.807) is 32.4 Å². The van der Waals surface area contributed by atoms with E-state index in [0.717, 1.165) is 14.5 Å². The minimum absolute atomic E-state index is 0.0667. The molecule has 0 saturated heterocycles. The van der Waals surface area contributed by atoms with Crippen LogP contribution in [-0.2, 0) is 0 Å². The van der Waals surface area contributed by atoms with E-state index in [0.29, 0.717) is 17.1 Å². The van der Waals surface area contributed by atoms with Gasteiger partial charge in [0.25, 0.3) is 0 Å². The van der Waals surface area contributed by atoms with E-state index in [1.165, 1.54) is 6.08 Å². The van der Waals surface area contributed by atoms with Crippen LogP contribution >= 0.6 is 31.9 Å². The first-order valence-electron chi connectivity index (χ1n) is 6.44. The molecule has 2 rings (SSSR count). The standard InChI is InChI=1S/C17H14Br2O3/c1-21-16-9-11(14(19)10-17(16)22-2)6-7-15(20)12-4-3-5-13(18)8-12/h3-10H,1-2H3/b7-6+. The first-order valence-corrected chi connectivity index (χ1v) is 8.03. The van der Waals surface area contributed by atoms with Crippen LogP contribution in [0.2, 0.25) is 0 Å². The van der Waals surface area contributed by atoms with Gasteiger partial charge in [0.1, 0.15) is 0 Å². The van der Waals surface area contributed by atoms with Gasteiger partial charge >= 0.3 is 0 Å². The predicted octanol–water partition coefficient (Wildman–Crippen LogP) is 5.12. The Morgan fingerprint density at radius 1 is 1.05 bits per heavy atom. The number of carbonyl (C=O) groups excluding carboxylic acids is 1. The van der Waals surface area contributed by atoms with Crippen molar-refractivity contribution in [3.63, 3.8) is 0 Å². The van der Waals surface area contributed by atoms with Gasteiger partial charge in [0, 0.05) is 14.5 Å². The second-order valence-electron chi connectivity index (χ2n) is 4.44. The molecule has 0 aromatic heterocycles. The van der Waals surface area contributed by atoms with Crippen LogP contribution in [-0.4, -0.2) is 20.0 Å². The van der Waals surface area contributed by atoms with Crippen LogP contribution in [0.4, 0.5) is 0 Å². The number of ketones is 1. The zero-order valence-corrected chi connectivity index (χ0v) is 15.3. The molecular weight excluding hydrogens is 412 g/mol. The lowest BCUT2D eigenvalue weighted by Crippen LogP contribution is -1.94. The normalized spacial score (nSPS) is 10.7. The van der Waals surface area contributed by atoms with Crippen LogP contribution in [0.25, 0.3) is 6.08 Å².